The minimum atomic E-state index is -2.50. The maximum absolute atomic E-state index is 15.5. The molecule has 0 saturated carbocycles. The fraction of sp³-hybridized carbons (Fsp3) is 0.430. The zero-order valence-electron chi connectivity index (χ0n) is 62.3. The van der Waals surface area contributed by atoms with Gasteiger partial charge in [-0.2, -0.15) is 0 Å². The molecule has 0 spiro atoms. The van der Waals surface area contributed by atoms with Gasteiger partial charge in [0.25, 0.3) is 5.56 Å². The molecule has 6 aromatic rings. The van der Waals surface area contributed by atoms with Crippen LogP contribution in [0, 0.1) is 30.5 Å². The number of anilines is 2. The van der Waals surface area contributed by atoms with Crippen molar-refractivity contribution >= 4 is 81.6 Å². The summed E-state index contributed by atoms with van der Waals surface area (Å²) in [5.41, 5.74) is 8.57. The number of carbonyl (C=O) groups excluding carboxylic acids is 9. The number of nitrogens with zero attached hydrogens (tertiary/aromatic N) is 2. The Hall–Kier alpha value is -11.2. The molecular formula is C79H94FN11O20. The van der Waals surface area contributed by atoms with E-state index >= 15 is 4.39 Å². The second-order valence-corrected chi connectivity index (χ2v) is 27.0. The van der Waals surface area contributed by atoms with Gasteiger partial charge >= 0.3 is 18.1 Å². The second kappa shape index (κ2) is 40.5. The highest BCUT2D eigenvalue weighted by molar-refractivity contribution is 6.00. The summed E-state index contributed by atoms with van der Waals surface area (Å²) in [7, 11) is 0. The Kier molecular flexibility index (Phi) is 30.6. The molecule has 1 aliphatic carbocycles. The van der Waals surface area contributed by atoms with E-state index in [1.165, 1.54) is 35.8 Å². The fourth-order valence-electron chi connectivity index (χ4n) is 13.2. The molecule has 111 heavy (non-hydrogen) atoms. The van der Waals surface area contributed by atoms with Crippen molar-refractivity contribution in [2.75, 3.05) is 96.0 Å². The van der Waals surface area contributed by atoms with Gasteiger partial charge in [0.1, 0.15) is 44.4 Å². The molecule has 3 heterocycles. The minimum absolute atomic E-state index is 0.0184. The van der Waals surface area contributed by atoms with E-state index in [2.05, 4.69) is 54.4 Å². The lowest BCUT2D eigenvalue weighted by atomic mass is 9.79. The molecule has 31 nitrogen and oxygen atoms in total. The van der Waals surface area contributed by atoms with Crippen LogP contribution in [0.3, 0.4) is 0 Å². The summed E-state index contributed by atoms with van der Waals surface area (Å²) in [6.45, 7) is 6.46. The molecule has 13 N–H and O–H groups in total. The average molecular weight is 1540 g/mol. The van der Waals surface area contributed by atoms with E-state index in [1.54, 1.807) is 43.9 Å². The van der Waals surface area contributed by atoms with Crippen LogP contribution >= 0.6 is 0 Å². The van der Waals surface area contributed by atoms with Crippen molar-refractivity contribution in [2.24, 2.45) is 11.7 Å². The Bertz CT molecular complexity index is 4540. The van der Waals surface area contributed by atoms with E-state index in [0.29, 0.717) is 76.0 Å². The second-order valence-electron chi connectivity index (χ2n) is 27.0. The number of carboxylic acids is 1. The first kappa shape index (κ1) is 83.9. The predicted octanol–water partition coefficient (Wildman–Crippen LogP) is 4.08. The van der Waals surface area contributed by atoms with Crippen LogP contribution in [0.2, 0.25) is 0 Å². The molecule has 0 radical (unpaired) electrons. The van der Waals surface area contributed by atoms with E-state index in [4.69, 9.17) is 34.2 Å². The quantitative estimate of drug-likeness (QED) is 0.0146. The SMILES string of the molecule is CC[C@@](O)(C(=O)O)c1cc2n(c(=O)c1CO)Cc1c-2cc2cc(F)c(C)c3c2c1[C@@H](NC(=O)COCNC(=O)CNC(=O)OCc1ccc(NC(=O)[C@H](CCCNC(N)=O)NC(=O)[C@@H](NC(=O)CCOCCOCCOCCOCCNC(=O)CCC(=O)N2Cc4ccccc4C#Cc4ccccc42)C(C)C)cc1)CC3. The number of primary amides is 1. The topological polar surface area (TPSA) is 434 Å². The number of rotatable bonds is 41. The highest BCUT2D eigenvalue weighted by Crippen LogP contribution is 2.47. The molecule has 0 fully saturated rings. The van der Waals surface area contributed by atoms with Gasteiger partial charge in [0.15, 0.2) is 5.60 Å². The van der Waals surface area contributed by atoms with Crippen molar-refractivity contribution in [3.8, 4) is 23.1 Å². The molecule has 10 amide bonds. The number of carboxylic acid groups (broad SMARTS) is 1. The van der Waals surface area contributed by atoms with Crippen LogP contribution in [0.15, 0.2) is 95.8 Å². The van der Waals surface area contributed by atoms with E-state index in [-0.39, 0.29) is 140 Å². The van der Waals surface area contributed by atoms with Gasteiger partial charge in [-0.15, -0.1) is 0 Å². The third kappa shape index (κ3) is 22.5. The van der Waals surface area contributed by atoms with Crippen molar-refractivity contribution in [3.63, 3.8) is 0 Å². The Morgan fingerprint density at radius 3 is 2.10 bits per heavy atom. The van der Waals surface area contributed by atoms with Gasteiger partial charge < -0.3 is 101 Å². The third-order valence-corrected chi connectivity index (χ3v) is 19.1. The van der Waals surface area contributed by atoms with Gasteiger partial charge in [0.2, 0.25) is 41.4 Å². The number of amides is 10. The molecule has 0 unspecified atom stereocenters. The van der Waals surface area contributed by atoms with Crippen LogP contribution in [0.5, 0.6) is 0 Å². The number of halogens is 1. The number of nitrogens with one attached hydrogen (secondary N) is 8. The number of hydrogen-bond donors (Lipinski definition) is 12. The Labute approximate surface area is 639 Å². The van der Waals surface area contributed by atoms with Crippen molar-refractivity contribution in [1.82, 2.24) is 41.8 Å². The normalized spacial score (nSPS) is 14.1. The number of aryl methyl sites for hydroxylation is 1. The van der Waals surface area contributed by atoms with Gasteiger partial charge in [-0.1, -0.05) is 75.1 Å². The number of aromatic nitrogens is 1. The van der Waals surface area contributed by atoms with Crippen molar-refractivity contribution in [1.29, 1.82) is 0 Å². The minimum Gasteiger partial charge on any atom is -0.479 e. The summed E-state index contributed by atoms with van der Waals surface area (Å²) in [4.78, 5) is 145. The summed E-state index contributed by atoms with van der Waals surface area (Å²) in [6, 6.07) is 22.1. The van der Waals surface area contributed by atoms with Crippen molar-refractivity contribution < 1.29 is 96.1 Å². The molecular weight excluding hydrogens is 1440 g/mol. The number of aliphatic hydroxyl groups is 2. The number of fused-ring (bicyclic) bond motifs is 6. The summed E-state index contributed by atoms with van der Waals surface area (Å²) < 4.78 is 49.8. The van der Waals surface area contributed by atoms with Crippen LogP contribution in [0.1, 0.15) is 127 Å². The number of aliphatic carboxylic acids is 1. The standard InChI is InChI=1S/C79H94FN11O20/c1-5-79(105,76(101)102)59-39-64-56-37-53-38-60(80)48(4)55-22-23-61(71(70(53)55)57(56)42-91(64)75(100)58(59)43-92)87-68(96)45-110-46-85-67(95)40-84-78(104)111-44-49-16-20-54(21-17-49)86-73(98)62(14-10-27-83-77(81)103)88-74(99)72(47(2)3)89-66(94)26-29-106-31-33-108-35-36-109-34-32-107-30-28-82-65(93)24-25-69(97)90-41-52-13-7-6-11-50(52)18-19-51-12-8-9-15-63(51)90/h6-9,11-13,15-17,20-21,37-39,47,61-62,72,92,105H,5,10,14,22-36,40-46H2,1-4H3,(H,82,93)(H,84,104)(H,85,95)(H,86,98)(H,87,96)(H,88,99)(H,89,94)(H,101,102)(H3,81,83,103)/t61-,62-,72-,79-/m0/s1. The lowest BCUT2D eigenvalue weighted by Gasteiger charge is -2.30. The molecule has 0 saturated heterocycles. The zero-order valence-corrected chi connectivity index (χ0v) is 62.3. The maximum Gasteiger partial charge on any atom is 0.407 e. The highest BCUT2D eigenvalue weighted by Gasteiger charge is 2.42. The molecule has 4 atom stereocenters. The van der Waals surface area contributed by atoms with E-state index < -0.39 is 115 Å². The molecule has 5 aromatic carbocycles. The Balaban J connectivity index is 0.624. The fourth-order valence-corrected chi connectivity index (χ4v) is 13.2. The van der Waals surface area contributed by atoms with Crippen molar-refractivity contribution in [3.05, 3.63) is 163 Å². The summed E-state index contributed by atoms with van der Waals surface area (Å²) in [6.07, 6.45) is -0.297. The van der Waals surface area contributed by atoms with Gasteiger partial charge in [0.05, 0.1) is 90.0 Å². The van der Waals surface area contributed by atoms with Gasteiger partial charge in [-0.25, -0.2) is 18.8 Å². The molecule has 0 bridgehead atoms. The number of benzene rings is 5. The maximum atomic E-state index is 15.5. The van der Waals surface area contributed by atoms with E-state index in [0.717, 1.165) is 22.3 Å². The molecule has 2 aliphatic heterocycles. The molecule has 3 aliphatic rings. The number of aliphatic hydroxyl groups excluding tert-OH is 1. The predicted molar refractivity (Wildman–Crippen MR) is 402 cm³/mol. The van der Waals surface area contributed by atoms with Gasteiger partial charge in [-0.05, 0) is 138 Å². The highest BCUT2D eigenvalue weighted by atomic mass is 19.1. The number of para-hydroxylation sites is 1. The first-order chi connectivity index (χ1) is 53.4. The van der Waals surface area contributed by atoms with E-state index in [9.17, 15) is 68.1 Å². The zero-order chi connectivity index (χ0) is 79.7. The van der Waals surface area contributed by atoms with Crippen LogP contribution < -0.4 is 58.7 Å². The largest absolute Gasteiger partial charge is 0.479 e. The summed E-state index contributed by atoms with van der Waals surface area (Å²) in [5.74, 6) is 0.450. The number of hydrogen-bond acceptors (Lipinski definition) is 19. The first-order valence-corrected chi connectivity index (χ1v) is 36.6. The van der Waals surface area contributed by atoms with Gasteiger partial charge in [0, 0.05) is 65.9 Å². The van der Waals surface area contributed by atoms with Crippen LogP contribution in [0.4, 0.5) is 25.4 Å². The lowest BCUT2D eigenvalue weighted by molar-refractivity contribution is -0.160. The van der Waals surface area contributed by atoms with Gasteiger partial charge in [-0.3, -0.25) is 38.4 Å². The molecule has 1 aromatic heterocycles. The Morgan fingerprint density at radius 1 is 0.721 bits per heavy atom. The van der Waals surface area contributed by atoms with Crippen LogP contribution in [0.25, 0.3) is 22.0 Å². The number of ether oxygens (including phenoxy) is 6. The first-order valence-electron chi connectivity index (χ1n) is 36.6. The third-order valence-electron chi connectivity index (χ3n) is 19.1. The number of nitrogens with two attached hydrogens (primary N) is 1. The number of carbonyl (C=O) groups is 10. The summed E-state index contributed by atoms with van der Waals surface area (Å²) in [5, 5.41) is 53.9. The number of alkyl carbamates (subject to hydrolysis) is 1. The molecule has 9 rings (SSSR count). The Morgan fingerprint density at radius 2 is 1.41 bits per heavy atom. The van der Waals surface area contributed by atoms with Crippen LogP contribution in [-0.2, 0) is 105 Å². The van der Waals surface area contributed by atoms with Crippen molar-refractivity contribution in [2.45, 2.75) is 129 Å². The number of pyridine rings is 1. The summed E-state index contributed by atoms with van der Waals surface area (Å²) >= 11 is 0. The van der Waals surface area contributed by atoms with Crippen LogP contribution in [-0.4, -0.2) is 177 Å². The average Bonchev–Trinajstić information content (AvgIpc) is 1.59. The molecule has 592 valence electrons. The number of urea groups is 1. The smallest absolute Gasteiger partial charge is 0.407 e. The molecule has 32 heteroatoms. The van der Waals surface area contributed by atoms with E-state index in [1.807, 2.05) is 48.5 Å². The lowest BCUT2D eigenvalue weighted by Crippen LogP contribution is -2.54. The monoisotopic (exact) mass is 1540 g/mol.